The summed E-state index contributed by atoms with van der Waals surface area (Å²) in [6.07, 6.45) is 0. The van der Waals surface area contributed by atoms with Gasteiger partial charge in [0.2, 0.25) is 10.0 Å². The first-order chi connectivity index (χ1) is 15.4. The number of aromatic nitrogens is 1. The Morgan fingerprint density at radius 1 is 1.03 bits per heavy atom. The minimum atomic E-state index is -3.62. The number of carbonyl (C=O) groups is 1. The van der Waals surface area contributed by atoms with Gasteiger partial charge >= 0.3 is 0 Å². The van der Waals surface area contributed by atoms with E-state index in [2.05, 4.69) is 4.98 Å². The maximum atomic E-state index is 13.0. The third-order valence-corrected chi connectivity index (χ3v) is 8.12. The first kappa shape index (κ1) is 22.4. The van der Waals surface area contributed by atoms with Gasteiger partial charge in [-0.15, -0.1) is 11.3 Å². The number of aryl methyl sites for hydroxylation is 1. The van der Waals surface area contributed by atoms with E-state index in [-0.39, 0.29) is 23.9 Å². The minimum Gasteiger partial charge on any atom is -0.494 e. The van der Waals surface area contributed by atoms with Crippen LogP contribution in [0, 0.1) is 6.92 Å². The van der Waals surface area contributed by atoms with Gasteiger partial charge in [0.15, 0.2) is 0 Å². The molecule has 4 rings (SSSR count). The molecule has 0 unspecified atom stereocenters. The van der Waals surface area contributed by atoms with Crippen molar-refractivity contribution in [2.24, 2.45) is 0 Å². The molecule has 1 fully saturated rings. The van der Waals surface area contributed by atoms with Crippen LogP contribution < -0.4 is 4.74 Å². The summed E-state index contributed by atoms with van der Waals surface area (Å²) in [5.41, 5.74) is 2.54. The Hall–Kier alpha value is -2.75. The highest BCUT2D eigenvalue weighted by molar-refractivity contribution is 7.89. The summed E-state index contributed by atoms with van der Waals surface area (Å²) in [6.45, 7) is 5.57. The maximum Gasteiger partial charge on any atom is 0.273 e. The van der Waals surface area contributed by atoms with Crippen molar-refractivity contribution >= 4 is 27.3 Å². The van der Waals surface area contributed by atoms with E-state index in [0.29, 0.717) is 31.1 Å². The number of ether oxygens (including phenoxy) is 1. The second-order valence-electron chi connectivity index (χ2n) is 7.50. The molecule has 0 bridgehead atoms. The summed E-state index contributed by atoms with van der Waals surface area (Å²) >= 11 is 1.43. The summed E-state index contributed by atoms with van der Waals surface area (Å²) in [5.74, 6) is 0.466. The van der Waals surface area contributed by atoms with Crippen molar-refractivity contribution in [2.45, 2.75) is 18.7 Å². The molecular formula is C23H25N3O4S2. The second kappa shape index (κ2) is 9.40. The summed E-state index contributed by atoms with van der Waals surface area (Å²) in [5, 5.41) is 2.56. The van der Waals surface area contributed by atoms with Crippen LogP contribution >= 0.6 is 11.3 Å². The number of piperazine rings is 1. The Kier molecular flexibility index (Phi) is 6.59. The molecule has 32 heavy (non-hydrogen) atoms. The Labute approximate surface area is 192 Å². The van der Waals surface area contributed by atoms with Crippen LogP contribution in [0.4, 0.5) is 0 Å². The van der Waals surface area contributed by atoms with Crippen molar-refractivity contribution in [3.8, 4) is 16.3 Å². The van der Waals surface area contributed by atoms with E-state index in [1.807, 2.05) is 38.1 Å². The third-order valence-electron chi connectivity index (χ3n) is 5.32. The van der Waals surface area contributed by atoms with Crippen molar-refractivity contribution in [3.05, 3.63) is 65.2 Å². The normalized spacial score (nSPS) is 15.0. The van der Waals surface area contributed by atoms with Gasteiger partial charge < -0.3 is 9.64 Å². The average Bonchev–Trinajstić information content (AvgIpc) is 3.30. The SMILES string of the molecule is CCOc1ccc(S(=O)(=O)N2CCN(C(=O)c3csc(-c4ccc(C)cc4)n3)CC2)cc1. The first-order valence-electron chi connectivity index (χ1n) is 10.4. The lowest BCUT2D eigenvalue weighted by atomic mass is 10.2. The number of hydrogen-bond acceptors (Lipinski definition) is 6. The lowest BCUT2D eigenvalue weighted by molar-refractivity contribution is 0.0693. The minimum absolute atomic E-state index is 0.169. The molecule has 0 radical (unpaired) electrons. The number of rotatable bonds is 6. The van der Waals surface area contributed by atoms with Gasteiger partial charge in [0, 0.05) is 37.1 Å². The summed E-state index contributed by atoms with van der Waals surface area (Å²) in [7, 11) is -3.62. The molecule has 0 saturated carbocycles. The average molecular weight is 472 g/mol. The van der Waals surface area contributed by atoms with Gasteiger partial charge in [-0.05, 0) is 38.1 Å². The van der Waals surface area contributed by atoms with Gasteiger partial charge in [0.05, 0.1) is 11.5 Å². The zero-order valence-corrected chi connectivity index (χ0v) is 19.7. The molecule has 1 aliphatic heterocycles. The van der Waals surface area contributed by atoms with Gasteiger partial charge in [-0.3, -0.25) is 4.79 Å². The Balaban J connectivity index is 1.40. The third kappa shape index (κ3) is 4.69. The van der Waals surface area contributed by atoms with Gasteiger partial charge in [0.1, 0.15) is 16.5 Å². The molecule has 168 valence electrons. The summed E-state index contributed by atoms with van der Waals surface area (Å²) < 4.78 is 32.7. The topological polar surface area (TPSA) is 79.8 Å². The van der Waals surface area contributed by atoms with Crippen molar-refractivity contribution in [3.63, 3.8) is 0 Å². The molecule has 2 aromatic carbocycles. The van der Waals surface area contributed by atoms with Crippen molar-refractivity contribution in [1.29, 1.82) is 0 Å². The zero-order valence-electron chi connectivity index (χ0n) is 18.0. The van der Waals surface area contributed by atoms with E-state index in [1.165, 1.54) is 21.2 Å². The Bertz CT molecular complexity index is 1180. The fourth-order valence-electron chi connectivity index (χ4n) is 3.52. The molecule has 0 N–H and O–H groups in total. The molecule has 0 spiro atoms. The summed E-state index contributed by atoms with van der Waals surface area (Å²) in [6, 6.07) is 14.4. The van der Waals surface area contributed by atoms with Gasteiger partial charge in [-0.25, -0.2) is 13.4 Å². The summed E-state index contributed by atoms with van der Waals surface area (Å²) in [4.78, 5) is 19.3. The molecule has 1 saturated heterocycles. The molecular weight excluding hydrogens is 446 g/mol. The molecule has 1 aromatic heterocycles. The maximum absolute atomic E-state index is 13.0. The Morgan fingerprint density at radius 2 is 1.69 bits per heavy atom. The highest BCUT2D eigenvalue weighted by Gasteiger charge is 2.31. The van der Waals surface area contributed by atoms with E-state index >= 15 is 0 Å². The number of hydrogen-bond donors (Lipinski definition) is 0. The zero-order chi connectivity index (χ0) is 22.7. The largest absolute Gasteiger partial charge is 0.494 e. The van der Waals surface area contributed by atoms with E-state index in [4.69, 9.17) is 4.74 Å². The van der Waals surface area contributed by atoms with Crippen LogP contribution in [0.5, 0.6) is 5.75 Å². The molecule has 1 aliphatic rings. The molecule has 3 aromatic rings. The Morgan fingerprint density at radius 3 is 2.31 bits per heavy atom. The number of sulfonamides is 1. The van der Waals surface area contributed by atoms with Crippen LogP contribution in [0.2, 0.25) is 0 Å². The molecule has 9 heteroatoms. The van der Waals surface area contributed by atoms with Crippen molar-refractivity contribution in [2.75, 3.05) is 32.8 Å². The van der Waals surface area contributed by atoms with Crippen LogP contribution in [-0.2, 0) is 10.0 Å². The monoisotopic (exact) mass is 471 g/mol. The fraction of sp³-hybridized carbons (Fsp3) is 0.304. The quantitative estimate of drug-likeness (QED) is 0.548. The predicted molar refractivity (Wildman–Crippen MR) is 125 cm³/mol. The van der Waals surface area contributed by atoms with Crippen LogP contribution in [-0.4, -0.2) is 61.3 Å². The molecule has 2 heterocycles. The van der Waals surface area contributed by atoms with E-state index in [9.17, 15) is 13.2 Å². The molecule has 7 nitrogen and oxygen atoms in total. The van der Waals surface area contributed by atoms with E-state index in [0.717, 1.165) is 10.6 Å². The lowest BCUT2D eigenvalue weighted by Crippen LogP contribution is -2.50. The predicted octanol–water partition coefficient (Wildman–Crippen LogP) is 3.66. The van der Waals surface area contributed by atoms with Crippen LogP contribution in [0.1, 0.15) is 23.0 Å². The van der Waals surface area contributed by atoms with Gasteiger partial charge in [-0.1, -0.05) is 29.8 Å². The number of amides is 1. The number of nitrogens with zero attached hydrogens (tertiary/aromatic N) is 3. The number of benzene rings is 2. The van der Waals surface area contributed by atoms with Gasteiger partial charge in [0.25, 0.3) is 5.91 Å². The molecule has 1 amide bonds. The lowest BCUT2D eigenvalue weighted by Gasteiger charge is -2.33. The molecule has 0 aliphatic carbocycles. The van der Waals surface area contributed by atoms with Crippen LogP contribution in [0.3, 0.4) is 0 Å². The standard InChI is InChI=1S/C23H25N3O4S2/c1-3-30-19-8-10-20(11-9-19)32(28,29)26-14-12-25(13-15-26)23(27)21-16-31-22(24-21)18-6-4-17(2)5-7-18/h4-11,16H,3,12-15H2,1-2H3. The highest BCUT2D eigenvalue weighted by Crippen LogP contribution is 2.25. The highest BCUT2D eigenvalue weighted by atomic mass is 32.2. The van der Waals surface area contributed by atoms with Crippen molar-refractivity contribution in [1.82, 2.24) is 14.2 Å². The number of carbonyl (C=O) groups excluding carboxylic acids is 1. The van der Waals surface area contributed by atoms with E-state index in [1.54, 1.807) is 34.5 Å². The van der Waals surface area contributed by atoms with Gasteiger partial charge in [-0.2, -0.15) is 4.31 Å². The number of thiazole rings is 1. The first-order valence-corrected chi connectivity index (χ1v) is 12.8. The smallest absolute Gasteiger partial charge is 0.273 e. The second-order valence-corrected chi connectivity index (χ2v) is 10.3. The van der Waals surface area contributed by atoms with Crippen molar-refractivity contribution < 1.29 is 17.9 Å². The van der Waals surface area contributed by atoms with Crippen LogP contribution in [0.25, 0.3) is 10.6 Å². The van der Waals surface area contributed by atoms with E-state index < -0.39 is 10.0 Å². The van der Waals surface area contributed by atoms with Crippen LogP contribution in [0.15, 0.2) is 58.8 Å². The fourth-order valence-corrected chi connectivity index (χ4v) is 5.74. The molecule has 0 atom stereocenters.